The average molecular weight is 256 g/mol. The molecular weight excluding hydrogens is 249 g/mol. The highest BCUT2D eigenvalue weighted by atomic mass is 79.9. The number of alkyl halides is 1. The van der Waals surface area contributed by atoms with Crippen LogP contribution in [0.3, 0.4) is 0 Å². The Bertz CT molecular complexity index is 441. The van der Waals surface area contributed by atoms with E-state index in [1.807, 2.05) is 0 Å². The monoisotopic (exact) mass is 255 g/mol. The lowest BCUT2D eigenvalue weighted by molar-refractivity contribution is 0.561. The zero-order valence-electron chi connectivity index (χ0n) is 7.21. The molecule has 0 aliphatic rings. The highest BCUT2D eigenvalue weighted by molar-refractivity contribution is 9.08. The number of oxazole rings is 1. The SMILES string of the molecule is Fc1ccccc1-c1ocnc1CBr. The molecule has 0 spiro atoms. The van der Waals surface area contributed by atoms with Crippen LogP contribution in [-0.2, 0) is 5.33 Å². The van der Waals surface area contributed by atoms with Crippen LogP contribution in [0.5, 0.6) is 0 Å². The number of rotatable bonds is 2. The van der Waals surface area contributed by atoms with Crippen molar-refractivity contribution in [3.8, 4) is 11.3 Å². The molecule has 0 fully saturated rings. The van der Waals surface area contributed by atoms with Crippen molar-refractivity contribution in [1.29, 1.82) is 0 Å². The van der Waals surface area contributed by atoms with Gasteiger partial charge in [-0.2, -0.15) is 0 Å². The molecule has 2 aromatic rings. The summed E-state index contributed by atoms with van der Waals surface area (Å²) in [5.41, 5.74) is 1.15. The van der Waals surface area contributed by atoms with Gasteiger partial charge in [-0.25, -0.2) is 9.37 Å². The Morgan fingerprint density at radius 1 is 1.36 bits per heavy atom. The van der Waals surface area contributed by atoms with Gasteiger partial charge in [0.1, 0.15) is 5.82 Å². The Kier molecular flexibility index (Phi) is 2.63. The number of hydrogen-bond donors (Lipinski definition) is 0. The Morgan fingerprint density at radius 3 is 2.86 bits per heavy atom. The van der Waals surface area contributed by atoms with Crippen LogP contribution in [0.1, 0.15) is 5.69 Å². The van der Waals surface area contributed by atoms with Crippen molar-refractivity contribution in [1.82, 2.24) is 4.98 Å². The van der Waals surface area contributed by atoms with Gasteiger partial charge in [-0.05, 0) is 12.1 Å². The van der Waals surface area contributed by atoms with E-state index in [0.29, 0.717) is 22.3 Å². The number of halogens is 2. The van der Waals surface area contributed by atoms with Gasteiger partial charge in [-0.15, -0.1) is 0 Å². The quantitative estimate of drug-likeness (QED) is 0.770. The normalized spacial score (nSPS) is 10.4. The minimum Gasteiger partial charge on any atom is -0.443 e. The molecule has 1 aromatic carbocycles. The molecule has 0 aliphatic carbocycles. The van der Waals surface area contributed by atoms with Gasteiger partial charge >= 0.3 is 0 Å². The van der Waals surface area contributed by atoms with Crippen molar-refractivity contribution in [2.75, 3.05) is 0 Å². The first-order valence-electron chi connectivity index (χ1n) is 4.06. The number of aromatic nitrogens is 1. The first-order valence-corrected chi connectivity index (χ1v) is 5.18. The Hall–Kier alpha value is -1.16. The first-order chi connectivity index (χ1) is 6.83. The molecule has 72 valence electrons. The van der Waals surface area contributed by atoms with E-state index in [9.17, 15) is 4.39 Å². The van der Waals surface area contributed by atoms with E-state index in [1.165, 1.54) is 12.5 Å². The van der Waals surface area contributed by atoms with E-state index in [2.05, 4.69) is 20.9 Å². The molecule has 0 amide bonds. The molecule has 14 heavy (non-hydrogen) atoms. The lowest BCUT2D eigenvalue weighted by Crippen LogP contribution is -1.86. The molecule has 0 aliphatic heterocycles. The second-order valence-electron chi connectivity index (χ2n) is 2.74. The highest BCUT2D eigenvalue weighted by Crippen LogP contribution is 2.26. The second-order valence-corrected chi connectivity index (χ2v) is 3.30. The van der Waals surface area contributed by atoms with E-state index in [0.717, 1.165) is 0 Å². The van der Waals surface area contributed by atoms with Crippen LogP contribution in [0.15, 0.2) is 35.1 Å². The Labute approximate surface area is 88.9 Å². The lowest BCUT2D eigenvalue weighted by Gasteiger charge is -1.99. The third-order valence-corrected chi connectivity index (χ3v) is 2.42. The molecule has 0 unspecified atom stereocenters. The zero-order valence-corrected chi connectivity index (χ0v) is 8.79. The summed E-state index contributed by atoms with van der Waals surface area (Å²) < 4.78 is 18.5. The van der Waals surface area contributed by atoms with Crippen LogP contribution in [0.4, 0.5) is 4.39 Å². The van der Waals surface area contributed by atoms with Crippen molar-refractivity contribution in [2.45, 2.75) is 5.33 Å². The molecule has 0 saturated heterocycles. The molecule has 0 radical (unpaired) electrons. The Morgan fingerprint density at radius 2 is 2.14 bits per heavy atom. The molecule has 0 atom stereocenters. The van der Waals surface area contributed by atoms with E-state index < -0.39 is 0 Å². The van der Waals surface area contributed by atoms with Gasteiger partial charge in [0.05, 0.1) is 11.3 Å². The maximum Gasteiger partial charge on any atom is 0.181 e. The molecule has 2 rings (SSSR count). The van der Waals surface area contributed by atoms with Crippen LogP contribution in [0, 0.1) is 5.82 Å². The standard InChI is InChI=1S/C10H7BrFNO/c11-5-9-10(14-6-13-9)7-3-1-2-4-8(7)12/h1-4,6H,5H2. The summed E-state index contributed by atoms with van der Waals surface area (Å²) in [5.74, 6) is 0.187. The van der Waals surface area contributed by atoms with Crippen LogP contribution in [0.25, 0.3) is 11.3 Å². The molecule has 0 bridgehead atoms. The average Bonchev–Trinajstić information content (AvgIpc) is 2.66. The summed E-state index contributed by atoms with van der Waals surface area (Å²) in [6.45, 7) is 0. The largest absolute Gasteiger partial charge is 0.443 e. The highest BCUT2D eigenvalue weighted by Gasteiger charge is 2.12. The van der Waals surface area contributed by atoms with Crippen LogP contribution in [-0.4, -0.2) is 4.98 Å². The van der Waals surface area contributed by atoms with Crippen molar-refractivity contribution < 1.29 is 8.81 Å². The van der Waals surface area contributed by atoms with Gasteiger partial charge < -0.3 is 4.42 Å². The van der Waals surface area contributed by atoms with Crippen molar-refractivity contribution >= 4 is 15.9 Å². The van der Waals surface area contributed by atoms with E-state index in [-0.39, 0.29) is 5.82 Å². The van der Waals surface area contributed by atoms with Crippen molar-refractivity contribution in [2.24, 2.45) is 0 Å². The fourth-order valence-corrected chi connectivity index (χ4v) is 1.63. The fourth-order valence-electron chi connectivity index (χ4n) is 1.23. The zero-order chi connectivity index (χ0) is 9.97. The third kappa shape index (κ3) is 1.57. The molecule has 1 aromatic heterocycles. The summed E-state index contributed by atoms with van der Waals surface area (Å²) in [6, 6.07) is 6.47. The van der Waals surface area contributed by atoms with Crippen molar-refractivity contribution in [3.05, 3.63) is 42.2 Å². The molecule has 0 saturated carbocycles. The van der Waals surface area contributed by atoms with Crippen LogP contribution < -0.4 is 0 Å². The van der Waals surface area contributed by atoms with E-state index >= 15 is 0 Å². The molecule has 1 heterocycles. The Balaban J connectivity index is 2.54. The van der Waals surface area contributed by atoms with Gasteiger partial charge in [0.15, 0.2) is 12.2 Å². The molecule has 4 heteroatoms. The van der Waals surface area contributed by atoms with Gasteiger partial charge in [-0.3, -0.25) is 0 Å². The first kappa shape index (κ1) is 9.40. The second kappa shape index (κ2) is 3.92. The van der Waals surface area contributed by atoms with E-state index in [4.69, 9.17) is 4.42 Å². The predicted octanol–water partition coefficient (Wildman–Crippen LogP) is 3.38. The maximum atomic E-state index is 13.4. The molecule has 0 N–H and O–H groups in total. The predicted molar refractivity (Wildman–Crippen MR) is 54.5 cm³/mol. The number of nitrogens with zero attached hydrogens (tertiary/aromatic N) is 1. The number of benzene rings is 1. The van der Waals surface area contributed by atoms with Gasteiger partial charge in [0.25, 0.3) is 0 Å². The van der Waals surface area contributed by atoms with Crippen LogP contribution >= 0.6 is 15.9 Å². The minimum atomic E-state index is -0.300. The molecular formula is C10H7BrFNO. The lowest BCUT2D eigenvalue weighted by atomic mass is 10.1. The fraction of sp³-hybridized carbons (Fsp3) is 0.100. The minimum absolute atomic E-state index is 0.300. The molecule has 2 nitrogen and oxygen atoms in total. The van der Waals surface area contributed by atoms with E-state index in [1.54, 1.807) is 18.2 Å². The maximum absolute atomic E-state index is 13.4. The smallest absolute Gasteiger partial charge is 0.181 e. The summed E-state index contributed by atoms with van der Waals surface area (Å²) in [4.78, 5) is 3.97. The van der Waals surface area contributed by atoms with Gasteiger partial charge in [-0.1, -0.05) is 28.1 Å². The number of hydrogen-bond acceptors (Lipinski definition) is 2. The summed E-state index contributed by atoms with van der Waals surface area (Å²) in [6.07, 6.45) is 1.32. The summed E-state index contributed by atoms with van der Waals surface area (Å²) in [5, 5.41) is 0.549. The summed E-state index contributed by atoms with van der Waals surface area (Å²) in [7, 11) is 0. The summed E-state index contributed by atoms with van der Waals surface area (Å²) >= 11 is 3.26. The van der Waals surface area contributed by atoms with Gasteiger partial charge in [0, 0.05) is 5.33 Å². The third-order valence-electron chi connectivity index (χ3n) is 1.89. The van der Waals surface area contributed by atoms with Gasteiger partial charge in [0.2, 0.25) is 0 Å². The topological polar surface area (TPSA) is 26.0 Å². The van der Waals surface area contributed by atoms with Crippen molar-refractivity contribution in [3.63, 3.8) is 0 Å². The van der Waals surface area contributed by atoms with Crippen LogP contribution in [0.2, 0.25) is 0 Å².